The minimum Gasteiger partial charge on any atom is -0.397 e. The first-order valence-electron chi connectivity index (χ1n) is 8.98. The third-order valence-electron chi connectivity index (χ3n) is 4.94. The lowest BCUT2D eigenvalue weighted by Gasteiger charge is -2.21. The molecule has 4 N–H and O–H groups in total. The summed E-state index contributed by atoms with van der Waals surface area (Å²) < 4.78 is 13.0. The Labute approximate surface area is 166 Å². The number of nitrogens with one attached hydrogen (secondary N) is 2. The van der Waals surface area contributed by atoms with Crippen LogP contribution in [0, 0.1) is 0 Å². The topological polar surface area (TPSA) is 85.6 Å². The number of anilines is 2. The van der Waals surface area contributed by atoms with E-state index in [-0.39, 0.29) is 18.1 Å². The molecule has 142 valence electrons. The number of carbonyl (C=O) groups is 1. The van der Waals surface area contributed by atoms with Gasteiger partial charge < -0.3 is 25.8 Å². The Morgan fingerprint density at radius 2 is 2.11 bits per heavy atom. The molecule has 2 saturated heterocycles. The number of rotatable bonds is 4. The fraction of sp³-hybridized carbons (Fsp3) is 0.350. The van der Waals surface area contributed by atoms with E-state index in [2.05, 4.69) is 38.7 Å². The molecular formula is C20H22BrN3O3. The molecule has 1 amide bonds. The zero-order chi connectivity index (χ0) is 18.9. The van der Waals surface area contributed by atoms with Crippen LogP contribution in [0.25, 0.3) is 0 Å². The lowest BCUT2D eigenvalue weighted by Crippen LogP contribution is -2.35. The summed E-state index contributed by atoms with van der Waals surface area (Å²) in [5.74, 6) is -0.869. The van der Waals surface area contributed by atoms with Gasteiger partial charge in [0.2, 0.25) is 5.91 Å². The molecule has 7 heteroatoms. The van der Waals surface area contributed by atoms with Gasteiger partial charge in [-0.3, -0.25) is 4.79 Å². The van der Waals surface area contributed by atoms with Crippen LogP contribution in [0.15, 0.2) is 53.0 Å². The Morgan fingerprint density at radius 1 is 1.30 bits per heavy atom. The predicted molar refractivity (Wildman–Crippen MR) is 107 cm³/mol. The number of ether oxygens (including phenoxy) is 2. The van der Waals surface area contributed by atoms with E-state index in [0.29, 0.717) is 30.9 Å². The number of nitrogen functional groups attached to an aromatic ring is 1. The predicted octanol–water partition coefficient (Wildman–Crippen LogP) is 2.69. The van der Waals surface area contributed by atoms with Crippen LogP contribution in [-0.4, -0.2) is 37.0 Å². The van der Waals surface area contributed by atoms with Crippen LogP contribution in [0.5, 0.6) is 0 Å². The normalized spacial score (nSPS) is 27.1. The molecule has 0 saturated carbocycles. The zero-order valence-electron chi connectivity index (χ0n) is 14.8. The van der Waals surface area contributed by atoms with Crippen LogP contribution in [-0.2, 0) is 20.7 Å². The molecule has 27 heavy (non-hydrogen) atoms. The molecule has 3 atom stereocenters. The fourth-order valence-corrected chi connectivity index (χ4v) is 3.96. The van der Waals surface area contributed by atoms with Gasteiger partial charge in [0.05, 0.1) is 36.7 Å². The second-order valence-corrected chi connectivity index (χ2v) is 7.93. The molecule has 2 aromatic rings. The van der Waals surface area contributed by atoms with E-state index in [4.69, 9.17) is 15.2 Å². The third kappa shape index (κ3) is 4.16. The molecule has 1 spiro atoms. The van der Waals surface area contributed by atoms with Crippen molar-refractivity contribution >= 4 is 33.2 Å². The zero-order valence-corrected chi connectivity index (χ0v) is 16.4. The number of nitrogens with two attached hydrogens (primary N) is 1. The Balaban J connectivity index is 1.35. The monoisotopic (exact) mass is 431 g/mol. The van der Waals surface area contributed by atoms with Crippen LogP contribution in [0.1, 0.15) is 12.0 Å². The molecular weight excluding hydrogens is 410 g/mol. The highest BCUT2D eigenvalue weighted by Crippen LogP contribution is 2.34. The number of benzene rings is 2. The Bertz CT molecular complexity index is 832. The van der Waals surface area contributed by atoms with Crippen molar-refractivity contribution < 1.29 is 14.3 Å². The van der Waals surface area contributed by atoms with Crippen molar-refractivity contribution in [1.29, 1.82) is 0 Å². The van der Waals surface area contributed by atoms with Crippen LogP contribution < -0.4 is 16.4 Å². The number of amides is 1. The molecule has 6 nitrogen and oxygen atoms in total. The largest absolute Gasteiger partial charge is 0.397 e. The van der Waals surface area contributed by atoms with Crippen LogP contribution in [0.3, 0.4) is 0 Å². The smallest absolute Gasteiger partial charge is 0.241 e. The first-order chi connectivity index (χ1) is 13.0. The van der Waals surface area contributed by atoms with Gasteiger partial charge in [0.25, 0.3) is 0 Å². The maximum absolute atomic E-state index is 12.6. The van der Waals surface area contributed by atoms with Gasteiger partial charge in [-0.1, -0.05) is 46.3 Å². The maximum atomic E-state index is 12.6. The van der Waals surface area contributed by atoms with Crippen LogP contribution >= 0.6 is 15.9 Å². The van der Waals surface area contributed by atoms with Crippen molar-refractivity contribution in [1.82, 2.24) is 5.32 Å². The summed E-state index contributed by atoms with van der Waals surface area (Å²) in [7, 11) is 0. The molecule has 4 rings (SSSR count). The van der Waals surface area contributed by atoms with E-state index in [9.17, 15) is 4.79 Å². The summed E-state index contributed by atoms with van der Waals surface area (Å²) >= 11 is 3.36. The second-order valence-electron chi connectivity index (χ2n) is 7.01. The first-order valence-corrected chi connectivity index (χ1v) is 9.77. The Kier molecular flexibility index (Phi) is 5.19. The summed E-state index contributed by atoms with van der Waals surface area (Å²) in [4.78, 5) is 12.6. The molecule has 2 heterocycles. The van der Waals surface area contributed by atoms with Gasteiger partial charge in [-0.2, -0.15) is 0 Å². The quantitative estimate of drug-likeness (QED) is 0.647. The standard InChI is InChI=1S/C20H22BrN3O3/c21-14-6-7-17(16(22)9-14)24-19(25)18-10-20(12-23-18)26-11-15(27-20)8-13-4-2-1-3-5-13/h1-7,9,15,18,23H,8,10-12,22H2,(H,24,25)/t15-,18?,20?/m0/s1. The van der Waals surface area contributed by atoms with E-state index in [1.54, 1.807) is 12.1 Å². The van der Waals surface area contributed by atoms with E-state index in [1.807, 2.05) is 24.3 Å². The van der Waals surface area contributed by atoms with Crippen LogP contribution in [0.4, 0.5) is 11.4 Å². The summed E-state index contributed by atoms with van der Waals surface area (Å²) in [5, 5.41) is 6.09. The number of hydrogen-bond acceptors (Lipinski definition) is 5. The van der Waals surface area contributed by atoms with E-state index in [1.165, 1.54) is 5.56 Å². The second kappa shape index (κ2) is 7.59. The fourth-order valence-electron chi connectivity index (χ4n) is 3.58. The van der Waals surface area contributed by atoms with Gasteiger partial charge in [0.15, 0.2) is 5.79 Å². The number of halogens is 1. The van der Waals surface area contributed by atoms with Crippen LogP contribution in [0.2, 0.25) is 0 Å². The molecule has 0 bridgehead atoms. The minimum atomic E-state index is -0.729. The molecule has 2 aliphatic heterocycles. The van der Waals surface area contributed by atoms with Crippen molar-refractivity contribution in [2.75, 3.05) is 24.2 Å². The minimum absolute atomic E-state index is 0.00173. The summed E-state index contributed by atoms with van der Waals surface area (Å²) in [6.45, 7) is 1.02. The molecule has 2 aromatic carbocycles. The average molecular weight is 432 g/mol. The van der Waals surface area contributed by atoms with Gasteiger partial charge in [0.1, 0.15) is 0 Å². The first kappa shape index (κ1) is 18.4. The van der Waals surface area contributed by atoms with E-state index in [0.717, 1.165) is 10.9 Å². The summed E-state index contributed by atoms with van der Waals surface area (Å²) in [6, 6.07) is 15.2. The Hall–Kier alpha value is -1.93. The molecule has 0 aliphatic carbocycles. The van der Waals surface area contributed by atoms with E-state index < -0.39 is 5.79 Å². The lowest BCUT2D eigenvalue weighted by atomic mass is 10.1. The van der Waals surface area contributed by atoms with Crippen molar-refractivity contribution in [2.24, 2.45) is 0 Å². The highest BCUT2D eigenvalue weighted by molar-refractivity contribution is 9.10. The molecule has 2 unspecified atom stereocenters. The summed E-state index contributed by atoms with van der Waals surface area (Å²) in [5.41, 5.74) is 8.29. The average Bonchev–Trinajstić information content (AvgIpc) is 3.25. The van der Waals surface area contributed by atoms with Gasteiger partial charge in [-0.05, 0) is 23.8 Å². The van der Waals surface area contributed by atoms with Gasteiger partial charge in [-0.25, -0.2) is 0 Å². The van der Waals surface area contributed by atoms with E-state index >= 15 is 0 Å². The SMILES string of the molecule is Nc1cc(Br)ccc1NC(=O)C1CC2(CN1)OC[C@H](Cc1ccccc1)O2. The maximum Gasteiger partial charge on any atom is 0.241 e. The number of hydrogen-bond donors (Lipinski definition) is 3. The molecule has 0 radical (unpaired) electrons. The van der Waals surface area contributed by atoms with Crippen molar-refractivity contribution in [3.05, 3.63) is 58.6 Å². The lowest BCUT2D eigenvalue weighted by molar-refractivity contribution is -0.153. The molecule has 2 fully saturated rings. The van der Waals surface area contributed by atoms with Crippen molar-refractivity contribution in [2.45, 2.75) is 30.8 Å². The third-order valence-corrected chi connectivity index (χ3v) is 5.43. The summed E-state index contributed by atoms with van der Waals surface area (Å²) in [6.07, 6.45) is 1.27. The van der Waals surface area contributed by atoms with Gasteiger partial charge in [-0.15, -0.1) is 0 Å². The van der Waals surface area contributed by atoms with Gasteiger partial charge >= 0.3 is 0 Å². The number of carbonyl (C=O) groups excluding carboxylic acids is 1. The van der Waals surface area contributed by atoms with Crippen molar-refractivity contribution in [3.63, 3.8) is 0 Å². The van der Waals surface area contributed by atoms with Crippen molar-refractivity contribution in [3.8, 4) is 0 Å². The van der Waals surface area contributed by atoms with Gasteiger partial charge in [0, 0.05) is 17.3 Å². The highest BCUT2D eigenvalue weighted by atomic mass is 79.9. The molecule has 2 aliphatic rings. The highest BCUT2D eigenvalue weighted by Gasteiger charge is 2.49. The Morgan fingerprint density at radius 3 is 2.89 bits per heavy atom. The molecule has 0 aromatic heterocycles.